The molecule has 1 N–H and O–H groups in total. The SMILES string of the molecule is CS(=O)(=O)C1(c2cc(N3CCOCC3)nc(-c3ccnc4[nH]ccc34)n2)CC1. The first-order chi connectivity index (χ1) is 13.5. The highest BCUT2D eigenvalue weighted by Crippen LogP contribution is 2.52. The number of aromatic nitrogens is 4. The van der Waals surface area contributed by atoms with Crippen molar-refractivity contribution in [2.45, 2.75) is 17.6 Å². The van der Waals surface area contributed by atoms with Crippen molar-refractivity contribution in [2.75, 3.05) is 37.5 Å². The molecule has 3 aromatic rings. The van der Waals surface area contributed by atoms with Gasteiger partial charge in [0.05, 0.1) is 18.9 Å². The van der Waals surface area contributed by atoms with E-state index in [1.54, 1.807) is 6.20 Å². The lowest BCUT2D eigenvalue weighted by Crippen LogP contribution is -2.37. The molecule has 0 atom stereocenters. The van der Waals surface area contributed by atoms with Crippen molar-refractivity contribution < 1.29 is 13.2 Å². The van der Waals surface area contributed by atoms with E-state index in [-0.39, 0.29) is 0 Å². The first-order valence-electron chi connectivity index (χ1n) is 9.32. The number of nitrogens with one attached hydrogen (secondary N) is 1. The van der Waals surface area contributed by atoms with E-state index in [1.807, 2.05) is 24.4 Å². The fourth-order valence-electron chi connectivity index (χ4n) is 3.83. The number of pyridine rings is 1. The van der Waals surface area contributed by atoms with Crippen LogP contribution in [-0.4, -0.2) is 60.9 Å². The van der Waals surface area contributed by atoms with Gasteiger partial charge >= 0.3 is 0 Å². The Kier molecular flexibility index (Phi) is 3.92. The van der Waals surface area contributed by atoms with Gasteiger partial charge in [0, 0.05) is 48.8 Å². The van der Waals surface area contributed by atoms with E-state index in [0.717, 1.165) is 35.5 Å². The molecule has 8 nitrogen and oxygen atoms in total. The molecule has 3 aromatic heterocycles. The predicted molar refractivity (Wildman–Crippen MR) is 106 cm³/mol. The first-order valence-corrected chi connectivity index (χ1v) is 11.2. The zero-order chi connectivity index (χ0) is 19.4. The summed E-state index contributed by atoms with van der Waals surface area (Å²) in [6.45, 7) is 2.70. The third kappa shape index (κ3) is 2.77. The molecule has 0 bridgehead atoms. The number of hydrogen-bond donors (Lipinski definition) is 1. The Labute approximate surface area is 162 Å². The quantitative estimate of drug-likeness (QED) is 0.715. The maximum Gasteiger partial charge on any atom is 0.162 e. The molecule has 2 fully saturated rings. The summed E-state index contributed by atoms with van der Waals surface area (Å²) < 4.78 is 29.6. The Morgan fingerprint density at radius 3 is 2.68 bits per heavy atom. The molecule has 4 heterocycles. The number of sulfone groups is 1. The second-order valence-corrected chi connectivity index (χ2v) is 9.73. The minimum absolute atomic E-state index is 0.529. The fourth-order valence-corrected chi connectivity index (χ4v) is 5.16. The maximum atomic E-state index is 12.5. The maximum absolute atomic E-state index is 12.5. The van der Waals surface area contributed by atoms with Crippen molar-refractivity contribution in [3.63, 3.8) is 0 Å². The summed E-state index contributed by atoms with van der Waals surface area (Å²) in [4.78, 5) is 19.1. The summed E-state index contributed by atoms with van der Waals surface area (Å²) >= 11 is 0. The largest absolute Gasteiger partial charge is 0.378 e. The molecule has 1 aliphatic heterocycles. The van der Waals surface area contributed by atoms with Crippen LogP contribution in [0.15, 0.2) is 30.6 Å². The molecule has 5 rings (SSSR count). The van der Waals surface area contributed by atoms with Crippen molar-refractivity contribution >= 4 is 26.7 Å². The van der Waals surface area contributed by atoms with Crippen LogP contribution >= 0.6 is 0 Å². The molecular formula is C19H21N5O3S. The predicted octanol–water partition coefficient (Wildman–Crippen LogP) is 1.89. The molecule has 1 aliphatic carbocycles. The summed E-state index contributed by atoms with van der Waals surface area (Å²) in [7, 11) is -3.27. The number of hydrogen-bond acceptors (Lipinski definition) is 7. The molecule has 0 amide bonds. The Bertz CT molecular complexity index is 1150. The van der Waals surface area contributed by atoms with E-state index in [0.29, 0.717) is 37.6 Å². The van der Waals surface area contributed by atoms with Gasteiger partial charge in [-0.2, -0.15) is 0 Å². The molecule has 9 heteroatoms. The number of anilines is 1. The van der Waals surface area contributed by atoms with Crippen LogP contribution in [0.2, 0.25) is 0 Å². The molecule has 0 radical (unpaired) electrons. The molecule has 146 valence electrons. The Balaban J connectivity index is 1.71. The Morgan fingerprint density at radius 1 is 1.18 bits per heavy atom. The number of rotatable bonds is 4. The summed E-state index contributed by atoms with van der Waals surface area (Å²) in [5.41, 5.74) is 2.18. The van der Waals surface area contributed by atoms with Crippen molar-refractivity contribution in [1.29, 1.82) is 0 Å². The second kappa shape index (κ2) is 6.25. The fraction of sp³-hybridized carbons (Fsp3) is 0.421. The molecule has 0 aromatic carbocycles. The molecule has 1 saturated carbocycles. The van der Waals surface area contributed by atoms with Crippen LogP contribution in [0.1, 0.15) is 18.5 Å². The monoisotopic (exact) mass is 399 g/mol. The van der Waals surface area contributed by atoms with Crippen molar-refractivity contribution in [3.8, 4) is 11.4 Å². The van der Waals surface area contributed by atoms with E-state index >= 15 is 0 Å². The Hall–Kier alpha value is -2.52. The highest BCUT2D eigenvalue weighted by atomic mass is 32.2. The average Bonchev–Trinajstić information content (AvgIpc) is 3.40. The molecule has 1 saturated heterocycles. The molecular weight excluding hydrogens is 378 g/mol. The topological polar surface area (TPSA) is 101 Å². The zero-order valence-corrected chi connectivity index (χ0v) is 16.4. The molecule has 0 unspecified atom stereocenters. The van der Waals surface area contributed by atoms with E-state index < -0.39 is 14.6 Å². The van der Waals surface area contributed by atoms with Crippen molar-refractivity contribution in [1.82, 2.24) is 19.9 Å². The number of nitrogens with zero attached hydrogens (tertiary/aromatic N) is 4. The third-order valence-corrected chi connectivity index (χ3v) is 7.67. The highest BCUT2D eigenvalue weighted by molar-refractivity contribution is 7.91. The lowest BCUT2D eigenvalue weighted by Gasteiger charge is -2.29. The van der Waals surface area contributed by atoms with E-state index in [9.17, 15) is 8.42 Å². The first kappa shape index (κ1) is 17.6. The lowest BCUT2D eigenvalue weighted by molar-refractivity contribution is 0.122. The van der Waals surface area contributed by atoms with Gasteiger partial charge in [0.15, 0.2) is 15.7 Å². The second-order valence-electron chi connectivity index (χ2n) is 7.40. The van der Waals surface area contributed by atoms with Crippen LogP contribution in [-0.2, 0) is 19.3 Å². The number of ether oxygens (including phenoxy) is 1. The van der Waals surface area contributed by atoms with Gasteiger partial charge < -0.3 is 14.6 Å². The average molecular weight is 399 g/mol. The van der Waals surface area contributed by atoms with Gasteiger partial charge in [-0.25, -0.2) is 23.4 Å². The molecule has 28 heavy (non-hydrogen) atoms. The van der Waals surface area contributed by atoms with Gasteiger partial charge in [-0.05, 0) is 25.0 Å². The Morgan fingerprint density at radius 2 is 1.96 bits per heavy atom. The molecule has 0 spiro atoms. The van der Waals surface area contributed by atoms with Gasteiger partial charge in [0.1, 0.15) is 16.2 Å². The minimum Gasteiger partial charge on any atom is -0.378 e. The van der Waals surface area contributed by atoms with Gasteiger partial charge in [-0.15, -0.1) is 0 Å². The number of H-pyrrole nitrogens is 1. The summed E-state index contributed by atoms with van der Waals surface area (Å²) in [6, 6.07) is 5.66. The smallest absolute Gasteiger partial charge is 0.162 e. The zero-order valence-electron chi connectivity index (χ0n) is 15.6. The van der Waals surface area contributed by atoms with E-state index in [1.165, 1.54) is 6.26 Å². The lowest BCUT2D eigenvalue weighted by atomic mass is 10.1. The number of aromatic amines is 1. The standard InChI is InChI=1S/C19H21N5O3S/c1-28(25,26)19(4-5-19)15-12-16(24-8-10-27-11-9-24)23-18(22-15)14-3-7-21-17-13(14)2-6-20-17/h2-3,6-7,12H,4-5,8-11H2,1H3,(H,20,21). The van der Waals surface area contributed by atoms with Crippen LogP contribution in [0, 0.1) is 0 Å². The highest BCUT2D eigenvalue weighted by Gasteiger charge is 2.55. The minimum atomic E-state index is -3.27. The van der Waals surface area contributed by atoms with Crippen molar-refractivity contribution in [2.24, 2.45) is 0 Å². The van der Waals surface area contributed by atoms with Gasteiger partial charge in [-0.1, -0.05) is 0 Å². The van der Waals surface area contributed by atoms with Crippen LogP contribution in [0.25, 0.3) is 22.4 Å². The van der Waals surface area contributed by atoms with Crippen LogP contribution in [0.5, 0.6) is 0 Å². The van der Waals surface area contributed by atoms with Gasteiger partial charge in [0.25, 0.3) is 0 Å². The summed E-state index contributed by atoms with van der Waals surface area (Å²) in [5, 5.41) is 0.914. The van der Waals surface area contributed by atoms with Crippen LogP contribution in [0.4, 0.5) is 5.82 Å². The van der Waals surface area contributed by atoms with Crippen molar-refractivity contribution in [3.05, 3.63) is 36.3 Å². The normalized spacial score (nSPS) is 19.1. The van der Waals surface area contributed by atoms with Gasteiger partial charge in [-0.3, -0.25) is 0 Å². The summed E-state index contributed by atoms with van der Waals surface area (Å²) in [6.07, 6.45) is 6.03. The van der Waals surface area contributed by atoms with Crippen LogP contribution in [0.3, 0.4) is 0 Å². The molecule has 2 aliphatic rings. The van der Waals surface area contributed by atoms with Crippen LogP contribution < -0.4 is 4.90 Å². The third-order valence-electron chi connectivity index (χ3n) is 5.63. The van der Waals surface area contributed by atoms with E-state index in [2.05, 4.69) is 14.9 Å². The number of fused-ring (bicyclic) bond motifs is 1. The number of morpholine rings is 1. The van der Waals surface area contributed by atoms with Gasteiger partial charge in [0.2, 0.25) is 0 Å². The van der Waals surface area contributed by atoms with E-state index in [4.69, 9.17) is 14.7 Å². The summed E-state index contributed by atoms with van der Waals surface area (Å²) in [5.74, 6) is 1.28.